The smallest absolute Gasteiger partial charge is 0.360 e. The van der Waals surface area contributed by atoms with Crippen molar-refractivity contribution >= 4 is 17.6 Å². The zero-order valence-electron chi connectivity index (χ0n) is 13.9. The van der Waals surface area contributed by atoms with Gasteiger partial charge in [-0.1, -0.05) is 35.5 Å². The van der Waals surface area contributed by atoms with Gasteiger partial charge in [-0.05, 0) is 6.92 Å². The molecule has 3 aromatic rings. The third kappa shape index (κ3) is 3.14. The topological polar surface area (TPSA) is 99.2 Å². The first-order valence-electron chi connectivity index (χ1n) is 7.46. The molecule has 0 spiro atoms. The van der Waals surface area contributed by atoms with Gasteiger partial charge in [-0.3, -0.25) is 9.48 Å². The predicted molar refractivity (Wildman–Crippen MR) is 89.2 cm³/mol. The molecule has 0 radical (unpaired) electrons. The van der Waals surface area contributed by atoms with Gasteiger partial charge in [0.1, 0.15) is 0 Å². The van der Waals surface area contributed by atoms with Crippen LogP contribution in [0.15, 0.2) is 40.9 Å². The average Bonchev–Trinajstić information content (AvgIpc) is 3.23. The molecule has 1 amide bonds. The van der Waals surface area contributed by atoms with Gasteiger partial charge in [0.25, 0.3) is 5.91 Å². The minimum Gasteiger partial charge on any atom is -0.464 e. The minimum atomic E-state index is -0.635. The van der Waals surface area contributed by atoms with Crippen molar-refractivity contribution in [2.45, 2.75) is 6.92 Å². The number of rotatable bonds is 4. The van der Waals surface area contributed by atoms with Crippen LogP contribution in [-0.4, -0.2) is 33.9 Å². The lowest BCUT2D eigenvalue weighted by Crippen LogP contribution is -2.15. The highest BCUT2D eigenvalue weighted by Gasteiger charge is 2.23. The van der Waals surface area contributed by atoms with Gasteiger partial charge in [-0.25, -0.2) is 4.79 Å². The Balaban J connectivity index is 1.87. The number of hydrogen-bond donors (Lipinski definition) is 1. The van der Waals surface area contributed by atoms with Crippen LogP contribution in [0.25, 0.3) is 11.3 Å². The molecule has 3 rings (SSSR count). The molecule has 0 aliphatic rings. The van der Waals surface area contributed by atoms with Crippen molar-refractivity contribution in [3.05, 3.63) is 53.5 Å². The second-order valence-corrected chi connectivity index (χ2v) is 5.32. The number of carbonyl (C=O) groups is 2. The Labute approximate surface area is 143 Å². The summed E-state index contributed by atoms with van der Waals surface area (Å²) in [6.07, 6.45) is 0. The van der Waals surface area contributed by atoms with Gasteiger partial charge in [0.2, 0.25) is 0 Å². The van der Waals surface area contributed by atoms with E-state index in [1.54, 1.807) is 14.0 Å². The van der Waals surface area contributed by atoms with Crippen LogP contribution in [0.3, 0.4) is 0 Å². The molecule has 0 aliphatic carbocycles. The molecule has 0 aliphatic heterocycles. The molecule has 1 aromatic carbocycles. The summed E-state index contributed by atoms with van der Waals surface area (Å²) in [7, 11) is 2.92. The fourth-order valence-electron chi connectivity index (χ4n) is 2.30. The monoisotopic (exact) mass is 340 g/mol. The van der Waals surface area contributed by atoms with E-state index in [0.717, 1.165) is 5.56 Å². The van der Waals surface area contributed by atoms with Crippen molar-refractivity contribution in [2.75, 3.05) is 12.4 Å². The summed E-state index contributed by atoms with van der Waals surface area (Å²) in [5.74, 6) is -0.668. The van der Waals surface area contributed by atoms with E-state index < -0.39 is 11.9 Å². The Morgan fingerprint density at radius 2 is 1.96 bits per heavy atom. The predicted octanol–water partition coefficient (Wildman–Crippen LogP) is 2.42. The van der Waals surface area contributed by atoms with E-state index in [2.05, 4.69) is 15.6 Å². The lowest BCUT2D eigenvalue weighted by molar-refractivity contribution is 0.0594. The van der Waals surface area contributed by atoms with Crippen molar-refractivity contribution in [3.63, 3.8) is 0 Å². The molecule has 8 heteroatoms. The molecule has 0 atom stereocenters. The first-order chi connectivity index (χ1) is 12.0. The summed E-state index contributed by atoms with van der Waals surface area (Å²) in [5, 5.41) is 10.5. The van der Waals surface area contributed by atoms with Gasteiger partial charge in [0.05, 0.1) is 18.5 Å². The number of aromatic nitrogens is 3. The third-order valence-corrected chi connectivity index (χ3v) is 3.75. The summed E-state index contributed by atoms with van der Waals surface area (Å²) in [4.78, 5) is 24.3. The van der Waals surface area contributed by atoms with Gasteiger partial charge in [-0.15, -0.1) is 0 Å². The Hall–Kier alpha value is -3.42. The van der Waals surface area contributed by atoms with Crippen LogP contribution in [-0.2, 0) is 11.8 Å². The second kappa shape index (κ2) is 6.60. The van der Waals surface area contributed by atoms with Crippen LogP contribution in [0.2, 0.25) is 0 Å². The summed E-state index contributed by atoms with van der Waals surface area (Å²) in [6.45, 7) is 1.73. The number of amides is 1. The molecular weight excluding hydrogens is 324 g/mol. The maximum Gasteiger partial charge on any atom is 0.360 e. The highest BCUT2D eigenvalue weighted by Crippen LogP contribution is 2.23. The van der Waals surface area contributed by atoms with Crippen LogP contribution in [0.5, 0.6) is 0 Å². The molecule has 0 unspecified atom stereocenters. The van der Waals surface area contributed by atoms with Crippen molar-refractivity contribution in [3.8, 4) is 11.3 Å². The number of ether oxygens (including phenoxy) is 1. The molecule has 0 saturated carbocycles. The standard InChI is InChI=1S/C17H16N4O4/c1-10-14(15(17(23)24-3)19-21(10)2)18-16(22)12-9-13(25-20-12)11-7-5-4-6-8-11/h4-9H,1-3H3,(H,18,22). The number of aryl methyl sites for hydroxylation is 1. The maximum absolute atomic E-state index is 12.5. The number of carbonyl (C=O) groups excluding carboxylic acids is 2. The highest BCUT2D eigenvalue weighted by molar-refractivity contribution is 6.07. The summed E-state index contributed by atoms with van der Waals surface area (Å²) < 4.78 is 11.4. The van der Waals surface area contributed by atoms with Gasteiger partial charge in [-0.2, -0.15) is 5.10 Å². The molecule has 25 heavy (non-hydrogen) atoms. The molecule has 2 heterocycles. The molecule has 128 valence electrons. The molecule has 0 fully saturated rings. The molecule has 1 N–H and O–H groups in total. The summed E-state index contributed by atoms with van der Waals surface area (Å²) >= 11 is 0. The Kier molecular flexibility index (Phi) is 4.34. The first-order valence-corrected chi connectivity index (χ1v) is 7.46. The number of nitrogens with one attached hydrogen (secondary N) is 1. The lowest BCUT2D eigenvalue weighted by Gasteiger charge is -2.04. The zero-order valence-corrected chi connectivity index (χ0v) is 13.9. The zero-order chi connectivity index (χ0) is 18.0. The molecule has 2 aromatic heterocycles. The summed E-state index contributed by atoms with van der Waals surface area (Å²) in [5.41, 5.74) is 1.83. The van der Waals surface area contributed by atoms with E-state index >= 15 is 0 Å². The Morgan fingerprint density at radius 3 is 2.64 bits per heavy atom. The third-order valence-electron chi connectivity index (χ3n) is 3.75. The average molecular weight is 340 g/mol. The Bertz CT molecular complexity index is 928. The first kappa shape index (κ1) is 16.4. The van der Waals surface area contributed by atoms with E-state index in [-0.39, 0.29) is 17.1 Å². The molecule has 0 saturated heterocycles. The fourth-order valence-corrected chi connectivity index (χ4v) is 2.30. The van der Waals surface area contributed by atoms with Gasteiger partial charge >= 0.3 is 5.97 Å². The van der Waals surface area contributed by atoms with Crippen LogP contribution in [0, 0.1) is 6.92 Å². The normalized spacial score (nSPS) is 10.5. The van der Waals surface area contributed by atoms with Gasteiger partial charge in [0.15, 0.2) is 17.1 Å². The second-order valence-electron chi connectivity index (χ2n) is 5.32. The number of esters is 1. The quantitative estimate of drug-likeness (QED) is 0.732. The lowest BCUT2D eigenvalue weighted by atomic mass is 10.1. The van der Waals surface area contributed by atoms with Crippen molar-refractivity contribution in [2.24, 2.45) is 7.05 Å². The molecular formula is C17H16N4O4. The Morgan fingerprint density at radius 1 is 1.24 bits per heavy atom. The SMILES string of the molecule is COC(=O)c1nn(C)c(C)c1NC(=O)c1cc(-c2ccccc2)on1. The molecule has 8 nitrogen and oxygen atoms in total. The van der Waals surface area contributed by atoms with E-state index in [1.165, 1.54) is 17.9 Å². The summed E-state index contributed by atoms with van der Waals surface area (Å²) in [6, 6.07) is 10.8. The van der Waals surface area contributed by atoms with E-state index in [0.29, 0.717) is 11.5 Å². The van der Waals surface area contributed by atoms with Gasteiger partial charge in [0, 0.05) is 18.7 Å². The van der Waals surface area contributed by atoms with Crippen LogP contribution in [0.1, 0.15) is 26.7 Å². The minimum absolute atomic E-state index is 0.0302. The van der Waals surface area contributed by atoms with Gasteiger partial charge < -0.3 is 14.6 Å². The maximum atomic E-state index is 12.5. The fraction of sp³-hybridized carbons (Fsp3) is 0.176. The van der Waals surface area contributed by atoms with Crippen molar-refractivity contribution < 1.29 is 18.8 Å². The van der Waals surface area contributed by atoms with E-state index in [1.807, 2.05) is 30.3 Å². The number of nitrogens with zero attached hydrogens (tertiary/aromatic N) is 3. The highest BCUT2D eigenvalue weighted by atomic mass is 16.5. The van der Waals surface area contributed by atoms with E-state index in [9.17, 15) is 9.59 Å². The van der Waals surface area contributed by atoms with Crippen LogP contribution in [0.4, 0.5) is 5.69 Å². The number of hydrogen-bond acceptors (Lipinski definition) is 6. The van der Waals surface area contributed by atoms with Crippen molar-refractivity contribution in [1.29, 1.82) is 0 Å². The molecule has 0 bridgehead atoms. The van der Waals surface area contributed by atoms with Crippen LogP contribution >= 0.6 is 0 Å². The number of benzene rings is 1. The van der Waals surface area contributed by atoms with Crippen molar-refractivity contribution in [1.82, 2.24) is 14.9 Å². The van der Waals surface area contributed by atoms with E-state index in [4.69, 9.17) is 9.26 Å². The number of anilines is 1. The van der Waals surface area contributed by atoms with Crippen LogP contribution < -0.4 is 5.32 Å². The largest absolute Gasteiger partial charge is 0.464 e. The number of methoxy groups -OCH3 is 1.